The van der Waals surface area contributed by atoms with Crippen molar-refractivity contribution in [3.8, 4) is 0 Å². The first-order chi connectivity index (χ1) is 5.07. The van der Waals surface area contributed by atoms with Crippen molar-refractivity contribution in [2.24, 2.45) is 0 Å². The first-order valence-corrected chi connectivity index (χ1v) is 3.36. The number of hydrogen-bond donors (Lipinski definition) is 1. The summed E-state index contributed by atoms with van der Waals surface area (Å²) in [5.41, 5.74) is 0. The van der Waals surface area contributed by atoms with Gasteiger partial charge in [-0.15, -0.1) is 0 Å². The van der Waals surface area contributed by atoms with Crippen molar-refractivity contribution in [2.45, 2.75) is 19.9 Å². The lowest BCUT2D eigenvalue weighted by atomic mass is 10.2. The van der Waals surface area contributed by atoms with Crippen molar-refractivity contribution in [3.05, 3.63) is 0 Å². The third-order valence-electron chi connectivity index (χ3n) is 1.26. The van der Waals surface area contributed by atoms with E-state index in [-0.39, 0.29) is 18.3 Å². The van der Waals surface area contributed by atoms with Crippen LogP contribution in [-0.4, -0.2) is 31.4 Å². The molecule has 0 aliphatic rings. The summed E-state index contributed by atoms with van der Waals surface area (Å²) in [7, 11) is 1.43. The number of ketones is 1. The number of nitrogens with one attached hydrogen (secondary N) is 1. The van der Waals surface area contributed by atoms with E-state index in [2.05, 4.69) is 10.1 Å². The van der Waals surface area contributed by atoms with Gasteiger partial charge in [0.05, 0.1) is 6.04 Å². The molecule has 4 nitrogen and oxygen atoms in total. The maximum Gasteiger partial charge on any atom is 0.246 e. The van der Waals surface area contributed by atoms with Crippen LogP contribution in [0, 0.1) is 0 Å². The third kappa shape index (κ3) is 4.50. The van der Waals surface area contributed by atoms with Crippen molar-refractivity contribution >= 4 is 11.7 Å². The molecular formula is C7H13NO3. The summed E-state index contributed by atoms with van der Waals surface area (Å²) in [6.07, 6.45) is 0. The Morgan fingerprint density at radius 2 is 2.09 bits per heavy atom. The van der Waals surface area contributed by atoms with Gasteiger partial charge < -0.3 is 10.1 Å². The van der Waals surface area contributed by atoms with E-state index in [1.165, 1.54) is 14.0 Å². The molecule has 11 heavy (non-hydrogen) atoms. The molecule has 0 aromatic heterocycles. The van der Waals surface area contributed by atoms with E-state index in [9.17, 15) is 9.59 Å². The number of rotatable bonds is 4. The Kier molecular flexibility index (Phi) is 4.45. The van der Waals surface area contributed by atoms with Crippen molar-refractivity contribution in [1.82, 2.24) is 5.32 Å². The molecule has 0 unspecified atom stereocenters. The zero-order chi connectivity index (χ0) is 8.85. The Morgan fingerprint density at radius 1 is 1.55 bits per heavy atom. The van der Waals surface area contributed by atoms with Gasteiger partial charge in [0.1, 0.15) is 6.61 Å². The van der Waals surface area contributed by atoms with Crippen LogP contribution in [0.1, 0.15) is 13.8 Å². The van der Waals surface area contributed by atoms with Gasteiger partial charge in [0.25, 0.3) is 0 Å². The lowest BCUT2D eigenvalue weighted by Gasteiger charge is -2.08. The van der Waals surface area contributed by atoms with Gasteiger partial charge >= 0.3 is 0 Å². The summed E-state index contributed by atoms with van der Waals surface area (Å²) in [5, 5.41) is 2.47. The number of methoxy groups -OCH3 is 1. The first-order valence-electron chi connectivity index (χ1n) is 3.36. The number of carbonyl (C=O) groups excluding carboxylic acids is 2. The molecule has 0 spiro atoms. The van der Waals surface area contributed by atoms with Crippen molar-refractivity contribution in [1.29, 1.82) is 0 Å². The summed E-state index contributed by atoms with van der Waals surface area (Å²) in [6, 6.07) is -0.419. The van der Waals surface area contributed by atoms with Gasteiger partial charge in [0, 0.05) is 7.11 Å². The molecule has 1 N–H and O–H groups in total. The molecule has 0 aromatic rings. The fraction of sp³-hybridized carbons (Fsp3) is 0.714. The van der Waals surface area contributed by atoms with Gasteiger partial charge in [0.15, 0.2) is 5.78 Å². The first kappa shape index (κ1) is 10.1. The SMILES string of the molecule is COCC(=O)N[C@H](C)C(C)=O. The highest BCUT2D eigenvalue weighted by Gasteiger charge is 2.09. The summed E-state index contributed by atoms with van der Waals surface area (Å²) < 4.78 is 4.56. The second-order valence-electron chi connectivity index (χ2n) is 2.33. The summed E-state index contributed by atoms with van der Waals surface area (Å²) >= 11 is 0. The van der Waals surface area contributed by atoms with Crippen LogP contribution in [0.4, 0.5) is 0 Å². The summed E-state index contributed by atoms with van der Waals surface area (Å²) in [6.45, 7) is 3.06. The van der Waals surface area contributed by atoms with E-state index >= 15 is 0 Å². The maximum atomic E-state index is 10.8. The smallest absolute Gasteiger partial charge is 0.246 e. The fourth-order valence-corrected chi connectivity index (χ4v) is 0.516. The summed E-state index contributed by atoms with van der Waals surface area (Å²) in [4.78, 5) is 21.4. The Morgan fingerprint density at radius 3 is 2.45 bits per heavy atom. The van der Waals surface area contributed by atoms with Crippen molar-refractivity contribution in [3.63, 3.8) is 0 Å². The number of amides is 1. The van der Waals surface area contributed by atoms with E-state index in [1.807, 2.05) is 0 Å². The van der Waals surface area contributed by atoms with Gasteiger partial charge in [-0.25, -0.2) is 0 Å². The van der Waals surface area contributed by atoms with Gasteiger partial charge in [-0.2, -0.15) is 0 Å². The van der Waals surface area contributed by atoms with Gasteiger partial charge in [-0.05, 0) is 13.8 Å². The second-order valence-corrected chi connectivity index (χ2v) is 2.33. The molecule has 64 valence electrons. The zero-order valence-corrected chi connectivity index (χ0v) is 7.01. The summed E-state index contributed by atoms with van der Waals surface area (Å²) in [5.74, 6) is -0.329. The highest BCUT2D eigenvalue weighted by atomic mass is 16.5. The Bertz CT molecular complexity index is 156. The molecule has 0 saturated carbocycles. The Hall–Kier alpha value is -0.900. The molecule has 0 saturated heterocycles. The number of ether oxygens (including phenoxy) is 1. The van der Waals surface area contributed by atoms with Crippen molar-refractivity contribution < 1.29 is 14.3 Å². The van der Waals surface area contributed by atoms with Crippen LogP contribution in [-0.2, 0) is 14.3 Å². The average Bonchev–Trinajstić information content (AvgIpc) is 1.87. The van der Waals surface area contributed by atoms with Crippen LogP contribution in [0.3, 0.4) is 0 Å². The van der Waals surface area contributed by atoms with Crippen LogP contribution >= 0.6 is 0 Å². The fourth-order valence-electron chi connectivity index (χ4n) is 0.516. The van der Waals surface area contributed by atoms with Gasteiger partial charge in [-0.1, -0.05) is 0 Å². The molecule has 0 aliphatic heterocycles. The van der Waals surface area contributed by atoms with Crippen LogP contribution in [0.2, 0.25) is 0 Å². The van der Waals surface area contributed by atoms with E-state index in [0.29, 0.717) is 0 Å². The highest BCUT2D eigenvalue weighted by Crippen LogP contribution is 1.82. The number of Topliss-reactive ketones (excluding diaryl/α,β-unsaturated/α-hetero) is 1. The second kappa shape index (κ2) is 4.85. The monoisotopic (exact) mass is 159 g/mol. The molecule has 1 amide bonds. The minimum atomic E-state index is -0.419. The van der Waals surface area contributed by atoms with E-state index in [0.717, 1.165) is 0 Å². The third-order valence-corrected chi connectivity index (χ3v) is 1.26. The molecule has 0 rings (SSSR count). The van der Waals surface area contributed by atoms with Crippen LogP contribution < -0.4 is 5.32 Å². The largest absolute Gasteiger partial charge is 0.375 e. The van der Waals surface area contributed by atoms with E-state index in [4.69, 9.17) is 0 Å². The van der Waals surface area contributed by atoms with Crippen molar-refractivity contribution in [2.75, 3.05) is 13.7 Å². The quantitative estimate of drug-likeness (QED) is 0.614. The molecule has 0 fully saturated rings. The van der Waals surface area contributed by atoms with Gasteiger partial charge in [-0.3, -0.25) is 9.59 Å². The average molecular weight is 159 g/mol. The van der Waals surface area contributed by atoms with Crippen LogP contribution in [0.15, 0.2) is 0 Å². The maximum absolute atomic E-state index is 10.8. The predicted octanol–water partition coefficient (Wildman–Crippen LogP) is -0.273. The minimum absolute atomic E-state index is 0.00236. The van der Waals surface area contributed by atoms with Crippen LogP contribution in [0.25, 0.3) is 0 Å². The molecule has 0 heterocycles. The number of carbonyl (C=O) groups is 2. The predicted molar refractivity (Wildman–Crippen MR) is 40.2 cm³/mol. The van der Waals surface area contributed by atoms with E-state index < -0.39 is 6.04 Å². The highest BCUT2D eigenvalue weighted by molar-refractivity contribution is 5.87. The molecular weight excluding hydrogens is 146 g/mol. The lowest BCUT2D eigenvalue weighted by molar-refractivity contribution is -0.129. The Balaban J connectivity index is 3.66. The van der Waals surface area contributed by atoms with E-state index in [1.54, 1.807) is 6.92 Å². The normalized spacial score (nSPS) is 12.3. The van der Waals surface area contributed by atoms with Crippen LogP contribution in [0.5, 0.6) is 0 Å². The molecule has 0 aromatic carbocycles. The Labute approximate surface area is 65.9 Å². The lowest BCUT2D eigenvalue weighted by Crippen LogP contribution is -2.39. The zero-order valence-electron chi connectivity index (χ0n) is 7.01. The molecule has 0 aliphatic carbocycles. The standard InChI is InChI=1S/C7H13NO3/c1-5(6(2)9)8-7(10)4-11-3/h5H,4H2,1-3H3,(H,8,10)/t5-/m1/s1. The molecule has 0 bridgehead atoms. The van der Waals surface area contributed by atoms with Gasteiger partial charge in [0.2, 0.25) is 5.91 Å². The number of hydrogen-bond acceptors (Lipinski definition) is 3. The molecule has 4 heteroatoms. The topological polar surface area (TPSA) is 55.4 Å². The molecule has 0 radical (unpaired) electrons. The minimum Gasteiger partial charge on any atom is -0.375 e. The molecule has 1 atom stereocenters.